The van der Waals surface area contributed by atoms with E-state index in [-0.39, 0.29) is 12.4 Å². The summed E-state index contributed by atoms with van der Waals surface area (Å²) in [5.41, 5.74) is 2.99. The average Bonchev–Trinajstić information content (AvgIpc) is 2.45. The highest BCUT2D eigenvalue weighted by atomic mass is 19.1. The van der Waals surface area contributed by atoms with Crippen molar-refractivity contribution in [3.63, 3.8) is 0 Å². The van der Waals surface area contributed by atoms with E-state index < -0.39 is 5.91 Å². The van der Waals surface area contributed by atoms with Crippen LogP contribution >= 0.6 is 0 Å². The largest absolute Gasteiger partial charge is 0.487 e. The fraction of sp³-hybridized carbons (Fsp3) is 0.0769. The average molecular weight is 261 g/mol. The third-order valence-corrected chi connectivity index (χ3v) is 2.40. The monoisotopic (exact) mass is 261 g/mol. The van der Waals surface area contributed by atoms with Gasteiger partial charge in [-0.1, -0.05) is 6.07 Å². The Balaban J connectivity index is 1.98. The van der Waals surface area contributed by atoms with Crippen molar-refractivity contribution in [3.05, 3.63) is 59.7 Å². The molecule has 0 unspecified atom stereocenters. The molecule has 0 bridgehead atoms. The summed E-state index contributed by atoms with van der Waals surface area (Å²) in [6, 6.07) is 9.07. The van der Waals surface area contributed by atoms with Crippen molar-refractivity contribution >= 4 is 5.91 Å². The Kier molecular flexibility index (Phi) is 4.04. The molecule has 0 radical (unpaired) electrons. The van der Waals surface area contributed by atoms with Gasteiger partial charge in [-0.2, -0.15) is 0 Å². The van der Waals surface area contributed by atoms with Crippen LogP contribution in [0.3, 0.4) is 0 Å². The number of hydrogen-bond donors (Lipinski definition) is 2. The van der Waals surface area contributed by atoms with Crippen LogP contribution in [0.4, 0.5) is 4.39 Å². The topological polar surface area (TPSA) is 77.2 Å². The Hall–Kier alpha value is -2.47. The van der Waals surface area contributed by atoms with Crippen molar-refractivity contribution < 1.29 is 13.9 Å². The Labute approximate surface area is 109 Å². The van der Waals surface area contributed by atoms with E-state index in [9.17, 15) is 9.18 Å². The molecule has 0 atom stereocenters. The number of ether oxygens (including phenoxy) is 1. The van der Waals surface area contributed by atoms with Gasteiger partial charge in [0.2, 0.25) is 0 Å². The van der Waals surface area contributed by atoms with E-state index in [2.05, 4.69) is 4.98 Å². The van der Waals surface area contributed by atoms with Gasteiger partial charge in [0, 0.05) is 12.3 Å². The number of nitrogens with zero attached hydrogens (tertiary/aromatic N) is 1. The molecule has 1 heterocycles. The number of nitrogens with two attached hydrogens (primary N) is 1. The molecular weight excluding hydrogens is 249 g/mol. The predicted octanol–water partition coefficient (Wildman–Crippen LogP) is 1.40. The highest BCUT2D eigenvalue weighted by molar-refractivity contribution is 5.93. The maximum Gasteiger partial charge on any atom is 0.266 e. The minimum absolute atomic E-state index is 0.188. The Morgan fingerprint density at radius 2 is 2.21 bits per heavy atom. The molecule has 0 saturated carbocycles. The van der Waals surface area contributed by atoms with E-state index >= 15 is 0 Å². The number of rotatable bonds is 4. The molecule has 0 aliphatic carbocycles. The lowest BCUT2D eigenvalue weighted by Crippen LogP contribution is -2.30. The first-order valence-electron chi connectivity index (χ1n) is 5.53. The van der Waals surface area contributed by atoms with Crippen LogP contribution in [0, 0.1) is 5.82 Å². The molecular formula is C13H12FN3O2. The molecule has 0 aliphatic rings. The lowest BCUT2D eigenvalue weighted by molar-refractivity contribution is 0.0953. The number of nitrogens with one attached hydrogen (secondary N) is 1. The van der Waals surface area contributed by atoms with Gasteiger partial charge in [-0.05, 0) is 24.3 Å². The van der Waals surface area contributed by atoms with Gasteiger partial charge >= 0.3 is 0 Å². The van der Waals surface area contributed by atoms with Gasteiger partial charge in [-0.15, -0.1) is 0 Å². The Morgan fingerprint density at radius 1 is 1.37 bits per heavy atom. The third kappa shape index (κ3) is 3.49. The van der Waals surface area contributed by atoms with Gasteiger partial charge in [0.05, 0.1) is 11.3 Å². The molecule has 0 fully saturated rings. The molecule has 0 aliphatic heterocycles. The summed E-state index contributed by atoms with van der Waals surface area (Å²) < 4.78 is 18.3. The molecule has 3 N–H and O–H groups in total. The SMILES string of the molecule is NNC(=O)c1ccc(COc2cccc(F)c2)nc1. The molecule has 2 aromatic rings. The quantitative estimate of drug-likeness (QED) is 0.495. The number of amides is 1. The fourth-order valence-electron chi connectivity index (χ4n) is 1.44. The van der Waals surface area contributed by atoms with Crippen molar-refractivity contribution in [2.24, 2.45) is 5.84 Å². The van der Waals surface area contributed by atoms with Gasteiger partial charge in [-0.3, -0.25) is 15.2 Å². The van der Waals surface area contributed by atoms with E-state index in [1.54, 1.807) is 24.3 Å². The normalized spacial score (nSPS) is 10.0. The zero-order chi connectivity index (χ0) is 13.7. The summed E-state index contributed by atoms with van der Waals surface area (Å²) in [6.45, 7) is 0.188. The van der Waals surface area contributed by atoms with Crippen molar-refractivity contribution in [3.8, 4) is 5.75 Å². The smallest absolute Gasteiger partial charge is 0.266 e. The number of nitrogen functional groups attached to an aromatic ring is 1. The summed E-state index contributed by atoms with van der Waals surface area (Å²) in [5.74, 6) is 4.65. The van der Waals surface area contributed by atoms with Crippen LogP contribution in [0.2, 0.25) is 0 Å². The summed E-state index contributed by atoms with van der Waals surface area (Å²) in [6.07, 6.45) is 1.40. The van der Waals surface area contributed by atoms with Gasteiger partial charge in [-0.25, -0.2) is 10.2 Å². The van der Waals surface area contributed by atoms with Crippen LogP contribution < -0.4 is 16.0 Å². The molecule has 5 nitrogen and oxygen atoms in total. The summed E-state index contributed by atoms with van der Waals surface area (Å²) in [5, 5.41) is 0. The van der Waals surface area contributed by atoms with E-state index in [1.165, 1.54) is 18.3 Å². The van der Waals surface area contributed by atoms with Crippen LogP contribution in [0.1, 0.15) is 16.1 Å². The van der Waals surface area contributed by atoms with Gasteiger partial charge in [0.15, 0.2) is 0 Å². The van der Waals surface area contributed by atoms with E-state index in [4.69, 9.17) is 10.6 Å². The van der Waals surface area contributed by atoms with E-state index in [0.717, 1.165) is 0 Å². The number of hydrazine groups is 1. The molecule has 98 valence electrons. The molecule has 0 spiro atoms. The van der Waals surface area contributed by atoms with Crippen molar-refractivity contribution in [2.75, 3.05) is 0 Å². The highest BCUT2D eigenvalue weighted by Gasteiger charge is 2.04. The van der Waals surface area contributed by atoms with E-state index in [1.807, 2.05) is 5.43 Å². The zero-order valence-corrected chi connectivity index (χ0v) is 9.97. The molecule has 1 aromatic heterocycles. The molecule has 0 saturated heterocycles. The zero-order valence-electron chi connectivity index (χ0n) is 9.97. The molecule has 1 amide bonds. The van der Waals surface area contributed by atoms with Crippen LogP contribution in [0.15, 0.2) is 42.6 Å². The Bertz CT molecular complexity index is 572. The van der Waals surface area contributed by atoms with Gasteiger partial charge in [0.25, 0.3) is 5.91 Å². The predicted molar refractivity (Wildman–Crippen MR) is 66.6 cm³/mol. The number of hydrogen-bond acceptors (Lipinski definition) is 4. The lowest BCUT2D eigenvalue weighted by Gasteiger charge is -2.06. The van der Waals surface area contributed by atoms with Crippen LogP contribution in [0.5, 0.6) is 5.75 Å². The maximum absolute atomic E-state index is 12.9. The first kappa shape index (κ1) is 13.0. The van der Waals surface area contributed by atoms with E-state index in [0.29, 0.717) is 17.0 Å². The number of pyridine rings is 1. The highest BCUT2D eigenvalue weighted by Crippen LogP contribution is 2.13. The first-order valence-corrected chi connectivity index (χ1v) is 5.53. The number of carbonyl (C=O) groups excluding carboxylic acids is 1. The summed E-state index contributed by atoms with van der Waals surface area (Å²) >= 11 is 0. The van der Waals surface area contributed by atoms with Crippen LogP contribution in [0.25, 0.3) is 0 Å². The van der Waals surface area contributed by atoms with Crippen LogP contribution in [-0.2, 0) is 6.61 Å². The number of halogens is 1. The maximum atomic E-state index is 12.9. The summed E-state index contributed by atoms with van der Waals surface area (Å²) in [7, 11) is 0. The molecule has 19 heavy (non-hydrogen) atoms. The second-order valence-corrected chi connectivity index (χ2v) is 3.76. The van der Waals surface area contributed by atoms with Crippen molar-refractivity contribution in [1.29, 1.82) is 0 Å². The number of benzene rings is 1. The Morgan fingerprint density at radius 3 is 2.84 bits per heavy atom. The minimum atomic E-state index is -0.412. The molecule has 6 heteroatoms. The first-order chi connectivity index (χ1) is 9.19. The second-order valence-electron chi connectivity index (χ2n) is 3.76. The van der Waals surface area contributed by atoms with Gasteiger partial charge in [0.1, 0.15) is 18.2 Å². The standard InChI is InChI=1S/C13H12FN3O2/c14-10-2-1-3-12(6-10)19-8-11-5-4-9(7-16-11)13(18)17-15/h1-7H,8,15H2,(H,17,18). The lowest BCUT2D eigenvalue weighted by atomic mass is 10.2. The van der Waals surface area contributed by atoms with Gasteiger partial charge < -0.3 is 4.74 Å². The second kappa shape index (κ2) is 5.92. The summed E-state index contributed by atoms with van der Waals surface area (Å²) in [4.78, 5) is 15.2. The number of carbonyl (C=O) groups is 1. The third-order valence-electron chi connectivity index (χ3n) is 2.40. The number of aromatic nitrogens is 1. The van der Waals surface area contributed by atoms with Crippen molar-refractivity contribution in [1.82, 2.24) is 10.4 Å². The minimum Gasteiger partial charge on any atom is -0.487 e. The molecule has 2 rings (SSSR count). The molecule has 1 aromatic carbocycles. The fourth-order valence-corrected chi connectivity index (χ4v) is 1.44. The van der Waals surface area contributed by atoms with Crippen LogP contribution in [-0.4, -0.2) is 10.9 Å². The van der Waals surface area contributed by atoms with Crippen molar-refractivity contribution in [2.45, 2.75) is 6.61 Å².